The molecule has 2 aliphatic heterocycles. The minimum atomic E-state index is -0.608. The van der Waals surface area contributed by atoms with Crippen LogP contribution in [0.25, 0.3) is 0 Å². The van der Waals surface area contributed by atoms with Crippen molar-refractivity contribution >= 4 is 5.97 Å². The van der Waals surface area contributed by atoms with Gasteiger partial charge in [-0.3, -0.25) is 0 Å². The fourth-order valence-electron chi connectivity index (χ4n) is 0.979. The van der Waals surface area contributed by atoms with Gasteiger partial charge in [0.1, 0.15) is 18.8 Å². The lowest BCUT2D eigenvalue weighted by Crippen LogP contribution is -2.15. The van der Waals surface area contributed by atoms with Crippen LogP contribution in [0.3, 0.4) is 0 Å². The normalized spacial score (nSPS) is 24.8. The van der Waals surface area contributed by atoms with Gasteiger partial charge in [0.2, 0.25) is 0 Å². The van der Waals surface area contributed by atoms with Crippen molar-refractivity contribution < 1.29 is 28.8 Å². The molecule has 110 valence electrons. The first kappa shape index (κ1) is 16.1. The topological polar surface area (TPSA) is 80.8 Å². The molecule has 0 spiro atoms. The molecule has 6 nitrogen and oxygen atoms in total. The van der Waals surface area contributed by atoms with Crippen LogP contribution in [0.1, 0.15) is 13.8 Å². The Labute approximate surface area is 113 Å². The Morgan fingerprint density at radius 1 is 1.37 bits per heavy atom. The molecule has 19 heavy (non-hydrogen) atoms. The summed E-state index contributed by atoms with van der Waals surface area (Å²) in [5.74, 6) is -0.457. The van der Waals surface area contributed by atoms with Crippen molar-refractivity contribution in [1.29, 1.82) is 0 Å². The first-order valence-electron chi connectivity index (χ1n) is 6.30. The average Bonchev–Trinajstić information content (AvgIpc) is 3.20. The number of aliphatic hydroxyl groups excluding tert-OH is 1. The molecular formula is C13H22O6. The Bertz CT molecular complexity index is 282. The van der Waals surface area contributed by atoms with Crippen LogP contribution in [0.5, 0.6) is 0 Å². The SMILES string of the molecule is C(OCC1CO1)C1CO1.C=C(C)C(=O)OCC(C)O. The number of hydrogen-bond acceptors (Lipinski definition) is 6. The first-order valence-corrected chi connectivity index (χ1v) is 6.30. The summed E-state index contributed by atoms with van der Waals surface area (Å²) in [5.41, 5.74) is 0.348. The number of aliphatic hydroxyl groups is 1. The molecule has 0 aromatic rings. The lowest BCUT2D eigenvalue weighted by molar-refractivity contribution is -0.141. The lowest BCUT2D eigenvalue weighted by Gasteiger charge is -2.04. The third kappa shape index (κ3) is 9.61. The molecule has 2 heterocycles. The van der Waals surface area contributed by atoms with Crippen LogP contribution in [-0.2, 0) is 23.7 Å². The van der Waals surface area contributed by atoms with Gasteiger partial charge in [0.25, 0.3) is 0 Å². The van der Waals surface area contributed by atoms with E-state index in [4.69, 9.17) is 19.3 Å². The van der Waals surface area contributed by atoms with Crippen molar-refractivity contribution in [3.05, 3.63) is 12.2 Å². The van der Waals surface area contributed by atoms with E-state index < -0.39 is 12.1 Å². The molecule has 1 N–H and O–H groups in total. The second-order valence-electron chi connectivity index (χ2n) is 4.68. The fourth-order valence-corrected chi connectivity index (χ4v) is 0.979. The van der Waals surface area contributed by atoms with Crippen molar-refractivity contribution in [2.45, 2.75) is 32.2 Å². The average molecular weight is 274 g/mol. The number of rotatable bonds is 7. The maximum atomic E-state index is 10.6. The van der Waals surface area contributed by atoms with Gasteiger partial charge in [0.05, 0.1) is 32.5 Å². The van der Waals surface area contributed by atoms with Crippen LogP contribution < -0.4 is 0 Å². The van der Waals surface area contributed by atoms with E-state index >= 15 is 0 Å². The third-order valence-electron chi connectivity index (χ3n) is 2.22. The van der Waals surface area contributed by atoms with Crippen LogP contribution in [0.15, 0.2) is 12.2 Å². The van der Waals surface area contributed by atoms with Gasteiger partial charge in [0.15, 0.2) is 0 Å². The van der Waals surface area contributed by atoms with Crippen molar-refractivity contribution in [3.8, 4) is 0 Å². The van der Waals surface area contributed by atoms with E-state index in [1.54, 1.807) is 13.8 Å². The lowest BCUT2D eigenvalue weighted by atomic mass is 10.3. The summed E-state index contributed by atoms with van der Waals surface area (Å²) in [4.78, 5) is 10.6. The van der Waals surface area contributed by atoms with Crippen LogP contribution in [0.2, 0.25) is 0 Å². The van der Waals surface area contributed by atoms with E-state index in [-0.39, 0.29) is 6.61 Å². The van der Waals surface area contributed by atoms with Gasteiger partial charge in [-0.1, -0.05) is 6.58 Å². The highest BCUT2D eigenvalue weighted by atomic mass is 16.6. The largest absolute Gasteiger partial charge is 0.460 e. The molecule has 0 radical (unpaired) electrons. The molecule has 2 fully saturated rings. The molecule has 2 aliphatic rings. The molecular weight excluding hydrogens is 252 g/mol. The maximum Gasteiger partial charge on any atom is 0.333 e. The Morgan fingerprint density at radius 3 is 2.16 bits per heavy atom. The van der Waals surface area contributed by atoms with Crippen LogP contribution in [0.4, 0.5) is 0 Å². The van der Waals surface area contributed by atoms with Crippen molar-refractivity contribution in [2.24, 2.45) is 0 Å². The molecule has 0 aliphatic carbocycles. The van der Waals surface area contributed by atoms with E-state index in [1.165, 1.54) is 0 Å². The second-order valence-corrected chi connectivity index (χ2v) is 4.68. The Balaban J connectivity index is 0.000000190. The minimum absolute atomic E-state index is 0.0334. The number of epoxide rings is 2. The third-order valence-corrected chi connectivity index (χ3v) is 2.22. The van der Waals surface area contributed by atoms with Gasteiger partial charge in [-0.2, -0.15) is 0 Å². The number of carbonyl (C=O) groups is 1. The summed E-state index contributed by atoms with van der Waals surface area (Å²) in [6.45, 7) is 9.78. The van der Waals surface area contributed by atoms with E-state index in [0.717, 1.165) is 26.4 Å². The highest BCUT2D eigenvalue weighted by Gasteiger charge is 2.26. The molecule has 3 atom stereocenters. The number of esters is 1. The predicted molar refractivity (Wildman–Crippen MR) is 67.8 cm³/mol. The summed E-state index contributed by atoms with van der Waals surface area (Å²) < 4.78 is 19.7. The first-order chi connectivity index (χ1) is 8.99. The van der Waals surface area contributed by atoms with Crippen LogP contribution >= 0.6 is 0 Å². The molecule has 2 saturated heterocycles. The van der Waals surface area contributed by atoms with Crippen LogP contribution in [-0.4, -0.2) is 62.4 Å². The molecule has 0 amide bonds. The van der Waals surface area contributed by atoms with E-state index in [2.05, 4.69) is 11.3 Å². The monoisotopic (exact) mass is 274 g/mol. The van der Waals surface area contributed by atoms with E-state index in [0.29, 0.717) is 17.8 Å². The molecule has 0 bridgehead atoms. The van der Waals surface area contributed by atoms with Gasteiger partial charge >= 0.3 is 5.97 Å². The summed E-state index contributed by atoms with van der Waals surface area (Å²) in [6, 6.07) is 0. The molecule has 0 aromatic carbocycles. The zero-order chi connectivity index (χ0) is 14.3. The standard InChI is InChI=1S/C7H12O3.C6H10O3/c1-5(2)7(9)10-4-6(3)8;1(5-3-8-5)7-2-6-4-9-6/h6,8H,1,4H2,2-3H3;5-6H,1-4H2. The minimum Gasteiger partial charge on any atom is -0.460 e. The Morgan fingerprint density at radius 2 is 1.84 bits per heavy atom. The molecule has 0 aromatic heterocycles. The van der Waals surface area contributed by atoms with E-state index in [9.17, 15) is 4.79 Å². The zero-order valence-electron chi connectivity index (χ0n) is 11.5. The quantitative estimate of drug-likeness (QED) is 0.408. The van der Waals surface area contributed by atoms with Gasteiger partial charge in [0, 0.05) is 5.57 Å². The van der Waals surface area contributed by atoms with E-state index in [1.807, 2.05) is 0 Å². The summed E-state index contributed by atoms with van der Waals surface area (Å²) in [6.07, 6.45) is 0.177. The summed E-state index contributed by atoms with van der Waals surface area (Å²) in [7, 11) is 0. The maximum absolute atomic E-state index is 10.6. The van der Waals surface area contributed by atoms with Crippen LogP contribution in [0, 0.1) is 0 Å². The molecule has 2 rings (SSSR count). The second kappa shape index (κ2) is 8.27. The molecule has 6 heteroatoms. The number of hydrogen-bond donors (Lipinski definition) is 1. The number of carbonyl (C=O) groups excluding carboxylic acids is 1. The Hall–Kier alpha value is -0.950. The predicted octanol–water partition coefficient (Wildman–Crippen LogP) is 0.287. The number of ether oxygens (including phenoxy) is 4. The van der Waals surface area contributed by atoms with Crippen molar-refractivity contribution in [2.75, 3.05) is 33.0 Å². The smallest absolute Gasteiger partial charge is 0.333 e. The van der Waals surface area contributed by atoms with Crippen molar-refractivity contribution in [3.63, 3.8) is 0 Å². The fraction of sp³-hybridized carbons (Fsp3) is 0.769. The van der Waals surface area contributed by atoms with Crippen molar-refractivity contribution in [1.82, 2.24) is 0 Å². The molecule has 0 saturated carbocycles. The zero-order valence-corrected chi connectivity index (χ0v) is 11.5. The highest BCUT2D eigenvalue weighted by molar-refractivity contribution is 5.86. The van der Waals surface area contributed by atoms with Gasteiger partial charge in [-0.25, -0.2) is 4.79 Å². The van der Waals surface area contributed by atoms with Gasteiger partial charge < -0.3 is 24.1 Å². The van der Waals surface area contributed by atoms with Gasteiger partial charge in [-0.15, -0.1) is 0 Å². The van der Waals surface area contributed by atoms with Gasteiger partial charge in [-0.05, 0) is 13.8 Å². The Kier molecular flexibility index (Phi) is 7.01. The summed E-state index contributed by atoms with van der Waals surface area (Å²) in [5, 5.41) is 8.68. The summed E-state index contributed by atoms with van der Waals surface area (Å²) >= 11 is 0. The highest BCUT2D eigenvalue weighted by Crippen LogP contribution is 2.12. The molecule has 3 unspecified atom stereocenters.